The molecule has 2 heterocycles. The van der Waals surface area contributed by atoms with Crippen LogP contribution in [0.15, 0.2) is 24.4 Å². The van der Waals surface area contributed by atoms with Crippen LogP contribution in [0.5, 0.6) is 5.88 Å². The van der Waals surface area contributed by atoms with Crippen LogP contribution in [0.4, 0.5) is 0 Å². The molecule has 0 amide bonds. The van der Waals surface area contributed by atoms with Crippen LogP contribution in [0.1, 0.15) is 0 Å². The van der Waals surface area contributed by atoms with Gasteiger partial charge in [-0.2, -0.15) is 0 Å². The van der Waals surface area contributed by atoms with Gasteiger partial charge in [0, 0.05) is 6.20 Å². The highest BCUT2D eigenvalue weighted by Gasteiger charge is 2.02. The molecule has 2 aromatic heterocycles. The summed E-state index contributed by atoms with van der Waals surface area (Å²) in [4.78, 5) is 0. The number of aromatic nitrogens is 3. The van der Waals surface area contributed by atoms with Crippen LogP contribution >= 0.6 is 0 Å². The Kier molecular flexibility index (Phi) is 1.25. The first kappa shape index (κ1) is 6.15. The fourth-order valence-electron chi connectivity index (χ4n) is 0.967. The number of hydrogen-bond donors (Lipinski definition) is 0. The van der Waals surface area contributed by atoms with Gasteiger partial charge in [-0.1, -0.05) is 16.4 Å². The Morgan fingerprint density at radius 3 is 3.18 bits per heavy atom. The molecule has 0 aromatic carbocycles. The number of pyridine rings is 1. The van der Waals surface area contributed by atoms with Crippen molar-refractivity contribution in [1.29, 1.82) is 0 Å². The number of nitrogens with zero attached hydrogens (tertiary/aromatic N) is 3. The first-order chi connectivity index (χ1) is 5.42. The Labute approximate surface area is 63.4 Å². The second-order valence-corrected chi connectivity index (χ2v) is 2.13. The minimum Gasteiger partial charge on any atom is -0.478 e. The van der Waals surface area contributed by atoms with Crippen molar-refractivity contribution in [2.24, 2.45) is 0 Å². The van der Waals surface area contributed by atoms with Crippen LogP contribution in [0.2, 0.25) is 0 Å². The van der Waals surface area contributed by atoms with Crippen molar-refractivity contribution in [2.45, 2.75) is 0 Å². The first-order valence-corrected chi connectivity index (χ1v) is 3.26. The van der Waals surface area contributed by atoms with Gasteiger partial charge in [0.1, 0.15) is 5.52 Å². The Balaban J connectivity index is 2.76. The predicted molar refractivity (Wildman–Crippen MR) is 39.5 cm³/mol. The summed E-state index contributed by atoms with van der Waals surface area (Å²) >= 11 is 0. The van der Waals surface area contributed by atoms with E-state index in [1.165, 1.54) is 0 Å². The molecule has 2 aromatic rings. The lowest BCUT2D eigenvalue weighted by molar-refractivity contribution is 0.401. The molecule has 0 unspecified atom stereocenters. The largest absolute Gasteiger partial charge is 0.478 e. The van der Waals surface area contributed by atoms with E-state index >= 15 is 0 Å². The van der Waals surface area contributed by atoms with Gasteiger partial charge < -0.3 is 4.74 Å². The number of ether oxygens (including phenoxy) is 1. The van der Waals surface area contributed by atoms with Gasteiger partial charge >= 0.3 is 0 Å². The Morgan fingerprint density at radius 2 is 2.36 bits per heavy atom. The number of methoxy groups -OCH3 is 1. The van der Waals surface area contributed by atoms with E-state index in [4.69, 9.17) is 4.74 Å². The molecule has 11 heavy (non-hydrogen) atoms. The van der Waals surface area contributed by atoms with Gasteiger partial charge in [0.05, 0.1) is 7.11 Å². The maximum absolute atomic E-state index is 4.97. The van der Waals surface area contributed by atoms with E-state index in [0.29, 0.717) is 5.88 Å². The maximum atomic E-state index is 4.97. The van der Waals surface area contributed by atoms with Crippen molar-refractivity contribution in [1.82, 2.24) is 14.8 Å². The third-order valence-corrected chi connectivity index (χ3v) is 1.48. The van der Waals surface area contributed by atoms with Crippen molar-refractivity contribution in [2.75, 3.05) is 7.11 Å². The molecule has 0 atom stereocenters. The molecule has 0 radical (unpaired) electrons. The summed E-state index contributed by atoms with van der Waals surface area (Å²) in [7, 11) is 1.58. The van der Waals surface area contributed by atoms with E-state index in [9.17, 15) is 0 Å². The van der Waals surface area contributed by atoms with Gasteiger partial charge in [0.2, 0.25) is 0 Å². The summed E-state index contributed by atoms with van der Waals surface area (Å²) in [5, 5.41) is 7.64. The molecular weight excluding hydrogens is 142 g/mol. The standard InChI is InChI=1S/C7H7N3O/c1-11-7-6-4-2-3-5-10(6)9-8-7/h2-5H,1H3. The molecule has 0 aliphatic carbocycles. The summed E-state index contributed by atoms with van der Waals surface area (Å²) in [6, 6.07) is 5.71. The lowest BCUT2D eigenvalue weighted by Gasteiger charge is -1.91. The highest BCUT2D eigenvalue weighted by molar-refractivity contribution is 5.54. The minimum atomic E-state index is 0.561. The Bertz CT molecular complexity index is 368. The zero-order valence-corrected chi connectivity index (χ0v) is 6.06. The van der Waals surface area contributed by atoms with Gasteiger partial charge in [-0.05, 0) is 12.1 Å². The molecule has 0 spiro atoms. The van der Waals surface area contributed by atoms with E-state index in [-0.39, 0.29) is 0 Å². The lowest BCUT2D eigenvalue weighted by atomic mass is 10.4. The maximum Gasteiger partial charge on any atom is 0.261 e. The van der Waals surface area contributed by atoms with Gasteiger partial charge in [-0.25, -0.2) is 4.52 Å². The summed E-state index contributed by atoms with van der Waals surface area (Å²) in [6.07, 6.45) is 1.82. The normalized spacial score (nSPS) is 10.3. The van der Waals surface area contributed by atoms with Crippen LogP contribution in [-0.4, -0.2) is 21.9 Å². The van der Waals surface area contributed by atoms with E-state index in [1.807, 2.05) is 24.4 Å². The number of hydrogen-bond acceptors (Lipinski definition) is 3. The molecule has 4 heteroatoms. The van der Waals surface area contributed by atoms with E-state index in [1.54, 1.807) is 11.6 Å². The third-order valence-electron chi connectivity index (χ3n) is 1.48. The molecule has 4 nitrogen and oxygen atoms in total. The van der Waals surface area contributed by atoms with Crippen LogP contribution in [-0.2, 0) is 0 Å². The van der Waals surface area contributed by atoms with Crippen molar-refractivity contribution < 1.29 is 4.74 Å². The van der Waals surface area contributed by atoms with Gasteiger partial charge in [-0.15, -0.1) is 0 Å². The Hall–Kier alpha value is -1.58. The van der Waals surface area contributed by atoms with Crippen molar-refractivity contribution in [3.8, 4) is 5.88 Å². The van der Waals surface area contributed by atoms with Crippen LogP contribution in [0.25, 0.3) is 5.52 Å². The quantitative estimate of drug-likeness (QED) is 0.600. The fraction of sp³-hybridized carbons (Fsp3) is 0.143. The van der Waals surface area contributed by atoms with Crippen LogP contribution in [0.3, 0.4) is 0 Å². The van der Waals surface area contributed by atoms with Gasteiger partial charge in [-0.3, -0.25) is 0 Å². The molecule has 2 rings (SSSR count). The van der Waals surface area contributed by atoms with Gasteiger partial charge in [0.25, 0.3) is 5.88 Å². The summed E-state index contributed by atoms with van der Waals surface area (Å²) in [6.45, 7) is 0. The average molecular weight is 149 g/mol. The summed E-state index contributed by atoms with van der Waals surface area (Å²) in [5.74, 6) is 0.561. The van der Waals surface area contributed by atoms with Crippen LogP contribution in [0, 0.1) is 0 Å². The summed E-state index contributed by atoms with van der Waals surface area (Å²) < 4.78 is 6.64. The van der Waals surface area contributed by atoms with E-state index in [0.717, 1.165) is 5.52 Å². The predicted octanol–water partition coefficient (Wildman–Crippen LogP) is 0.738. The molecule has 0 aliphatic heterocycles. The topological polar surface area (TPSA) is 39.4 Å². The minimum absolute atomic E-state index is 0.561. The second kappa shape index (κ2) is 2.23. The molecule has 0 saturated carbocycles. The van der Waals surface area contributed by atoms with E-state index in [2.05, 4.69) is 10.3 Å². The first-order valence-electron chi connectivity index (χ1n) is 3.26. The molecular formula is C7H7N3O. The zero-order chi connectivity index (χ0) is 7.68. The lowest BCUT2D eigenvalue weighted by Crippen LogP contribution is -1.84. The number of rotatable bonds is 1. The van der Waals surface area contributed by atoms with E-state index < -0.39 is 0 Å². The molecule has 0 N–H and O–H groups in total. The van der Waals surface area contributed by atoms with Crippen molar-refractivity contribution >= 4 is 5.52 Å². The van der Waals surface area contributed by atoms with Crippen molar-refractivity contribution in [3.63, 3.8) is 0 Å². The highest BCUT2D eigenvalue weighted by atomic mass is 16.5. The average Bonchev–Trinajstić information content (AvgIpc) is 2.47. The van der Waals surface area contributed by atoms with Crippen LogP contribution < -0.4 is 4.74 Å². The molecule has 56 valence electrons. The zero-order valence-electron chi connectivity index (χ0n) is 6.06. The fourth-order valence-corrected chi connectivity index (χ4v) is 0.967. The molecule has 0 saturated heterocycles. The monoisotopic (exact) mass is 149 g/mol. The third kappa shape index (κ3) is 0.832. The molecule has 0 fully saturated rings. The van der Waals surface area contributed by atoms with Crippen molar-refractivity contribution in [3.05, 3.63) is 24.4 Å². The van der Waals surface area contributed by atoms with Gasteiger partial charge in [0.15, 0.2) is 0 Å². The second-order valence-electron chi connectivity index (χ2n) is 2.13. The summed E-state index contributed by atoms with van der Waals surface area (Å²) in [5.41, 5.74) is 0.884. The smallest absolute Gasteiger partial charge is 0.261 e. The molecule has 0 aliphatic rings. The molecule has 0 bridgehead atoms. The Morgan fingerprint density at radius 1 is 1.45 bits per heavy atom. The highest BCUT2D eigenvalue weighted by Crippen LogP contribution is 2.13. The number of fused-ring (bicyclic) bond motifs is 1. The SMILES string of the molecule is COc1nnn2ccccc12.